The van der Waals surface area contributed by atoms with Crippen LogP contribution < -0.4 is 0 Å². The van der Waals surface area contributed by atoms with Crippen molar-refractivity contribution in [1.29, 1.82) is 5.26 Å². The van der Waals surface area contributed by atoms with Gasteiger partial charge in [-0.1, -0.05) is 26.7 Å². The van der Waals surface area contributed by atoms with Gasteiger partial charge in [0, 0.05) is 13.1 Å². The van der Waals surface area contributed by atoms with E-state index in [0.717, 1.165) is 12.8 Å². The third-order valence-electron chi connectivity index (χ3n) is 3.61. The van der Waals surface area contributed by atoms with Crippen molar-refractivity contribution in [3.8, 4) is 6.07 Å². The highest BCUT2D eigenvalue weighted by molar-refractivity contribution is 7.91. The number of carbonyl (C=O) groups is 1. The fourth-order valence-electron chi connectivity index (χ4n) is 2.57. The summed E-state index contributed by atoms with van der Waals surface area (Å²) in [5, 5.41) is 9.43. The van der Waals surface area contributed by atoms with Gasteiger partial charge in [-0.15, -0.1) is 0 Å². The predicted octanol–water partition coefficient (Wildman–Crippen LogP) is 1.35. The van der Waals surface area contributed by atoms with Gasteiger partial charge in [0.25, 0.3) is 0 Å². The summed E-state index contributed by atoms with van der Waals surface area (Å²) in [6.07, 6.45) is 2.62. The Kier molecular flexibility index (Phi) is 5.36. The molecular weight excluding hydrogens is 264 g/mol. The number of rotatable bonds is 5. The van der Waals surface area contributed by atoms with E-state index < -0.39 is 15.3 Å². The molecule has 0 bridgehead atoms. The van der Waals surface area contributed by atoms with E-state index in [1.165, 1.54) is 0 Å². The van der Waals surface area contributed by atoms with Crippen molar-refractivity contribution in [2.45, 2.75) is 39.5 Å². The van der Waals surface area contributed by atoms with Gasteiger partial charge in [-0.25, -0.2) is 8.42 Å². The topological polar surface area (TPSA) is 78.2 Å². The first-order valence-corrected chi connectivity index (χ1v) is 8.64. The van der Waals surface area contributed by atoms with E-state index in [1.54, 1.807) is 4.90 Å². The van der Waals surface area contributed by atoms with E-state index >= 15 is 0 Å². The Hall–Kier alpha value is -1.09. The molecule has 1 fully saturated rings. The summed E-state index contributed by atoms with van der Waals surface area (Å²) in [7, 11) is -3.00. The lowest BCUT2D eigenvalue weighted by Crippen LogP contribution is -2.50. The van der Waals surface area contributed by atoms with E-state index in [0.29, 0.717) is 12.8 Å². The molecule has 5 nitrogen and oxygen atoms in total. The van der Waals surface area contributed by atoms with Crippen LogP contribution in [0.4, 0.5) is 0 Å². The molecule has 0 unspecified atom stereocenters. The van der Waals surface area contributed by atoms with Crippen LogP contribution >= 0.6 is 0 Å². The average Bonchev–Trinajstić information content (AvgIpc) is 2.37. The summed E-state index contributed by atoms with van der Waals surface area (Å²) >= 11 is 0. The number of carbonyl (C=O) groups excluding carboxylic acids is 1. The van der Waals surface area contributed by atoms with Gasteiger partial charge >= 0.3 is 0 Å². The predicted molar refractivity (Wildman–Crippen MR) is 73.1 cm³/mol. The first kappa shape index (κ1) is 16.0. The fourth-order valence-corrected chi connectivity index (χ4v) is 3.77. The number of hydrogen-bond donors (Lipinski definition) is 0. The number of sulfone groups is 1. The van der Waals surface area contributed by atoms with Crippen LogP contribution in [0.1, 0.15) is 39.5 Å². The highest BCUT2D eigenvalue weighted by Gasteiger charge is 2.41. The number of amides is 1. The molecule has 1 rings (SSSR count). The van der Waals surface area contributed by atoms with Crippen LogP contribution in [-0.2, 0) is 14.6 Å². The normalized spacial score (nSPS) is 18.9. The lowest BCUT2D eigenvalue weighted by Gasteiger charge is -2.34. The minimum atomic E-state index is -3.00. The maximum Gasteiger partial charge on any atom is 0.243 e. The molecule has 19 heavy (non-hydrogen) atoms. The molecule has 0 N–H and O–H groups in total. The van der Waals surface area contributed by atoms with Gasteiger partial charge in [0.15, 0.2) is 9.84 Å². The van der Waals surface area contributed by atoms with Crippen LogP contribution in [0.3, 0.4) is 0 Å². The van der Waals surface area contributed by atoms with Crippen molar-refractivity contribution in [3.63, 3.8) is 0 Å². The van der Waals surface area contributed by atoms with Crippen molar-refractivity contribution >= 4 is 15.7 Å². The van der Waals surface area contributed by atoms with E-state index in [4.69, 9.17) is 0 Å². The lowest BCUT2D eigenvalue weighted by molar-refractivity contribution is -0.139. The van der Waals surface area contributed by atoms with Gasteiger partial charge in [0.2, 0.25) is 5.91 Å². The Morgan fingerprint density at radius 1 is 1.21 bits per heavy atom. The smallest absolute Gasteiger partial charge is 0.243 e. The van der Waals surface area contributed by atoms with E-state index in [9.17, 15) is 18.5 Å². The van der Waals surface area contributed by atoms with Gasteiger partial charge in [-0.2, -0.15) is 5.26 Å². The van der Waals surface area contributed by atoms with Crippen molar-refractivity contribution in [2.75, 3.05) is 24.6 Å². The second-order valence-electron chi connectivity index (χ2n) is 5.14. The molecule has 6 heteroatoms. The largest absolute Gasteiger partial charge is 0.339 e. The zero-order valence-corrected chi connectivity index (χ0v) is 12.5. The molecule has 0 atom stereocenters. The Morgan fingerprint density at radius 2 is 1.68 bits per heavy atom. The van der Waals surface area contributed by atoms with Gasteiger partial charge in [-0.3, -0.25) is 4.79 Å². The van der Waals surface area contributed by atoms with Crippen LogP contribution in [0.15, 0.2) is 0 Å². The van der Waals surface area contributed by atoms with E-state index in [-0.39, 0.29) is 30.5 Å². The molecule has 0 spiro atoms. The minimum Gasteiger partial charge on any atom is -0.339 e. The molecular formula is C13H22N2O3S. The molecule has 1 saturated heterocycles. The van der Waals surface area contributed by atoms with E-state index in [2.05, 4.69) is 6.07 Å². The van der Waals surface area contributed by atoms with Gasteiger partial charge in [0.1, 0.15) is 5.41 Å². The summed E-state index contributed by atoms with van der Waals surface area (Å²) < 4.78 is 22.8. The summed E-state index contributed by atoms with van der Waals surface area (Å²) in [5.41, 5.74) is -0.968. The second-order valence-corrected chi connectivity index (χ2v) is 7.44. The molecule has 1 aliphatic heterocycles. The van der Waals surface area contributed by atoms with Gasteiger partial charge in [0.05, 0.1) is 17.6 Å². The average molecular weight is 286 g/mol. The number of hydrogen-bond acceptors (Lipinski definition) is 4. The number of nitrogens with zero attached hydrogens (tertiary/aromatic N) is 2. The monoisotopic (exact) mass is 286 g/mol. The zero-order chi connectivity index (χ0) is 14.5. The van der Waals surface area contributed by atoms with Crippen molar-refractivity contribution in [1.82, 2.24) is 4.90 Å². The van der Waals surface area contributed by atoms with Gasteiger partial charge < -0.3 is 4.90 Å². The highest BCUT2D eigenvalue weighted by atomic mass is 32.2. The van der Waals surface area contributed by atoms with Crippen LogP contribution in [0.25, 0.3) is 0 Å². The summed E-state index contributed by atoms with van der Waals surface area (Å²) in [6.45, 7) is 4.35. The zero-order valence-electron chi connectivity index (χ0n) is 11.7. The molecule has 1 heterocycles. The summed E-state index contributed by atoms with van der Waals surface area (Å²) in [4.78, 5) is 14.1. The highest BCUT2D eigenvalue weighted by Crippen LogP contribution is 2.32. The molecule has 108 valence electrons. The molecule has 1 aliphatic rings. The van der Waals surface area contributed by atoms with Crippen LogP contribution in [-0.4, -0.2) is 43.8 Å². The molecule has 0 aromatic carbocycles. The standard InChI is InChI=1S/C13H22N2O3S/c1-3-5-13(11-14,6-4-2)12(16)15-7-9-19(17,18)10-8-15/h3-10H2,1-2H3. The first-order valence-electron chi connectivity index (χ1n) is 6.82. The maximum absolute atomic E-state index is 12.6. The molecule has 0 saturated carbocycles. The third kappa shape index (κ3) is 3.69. The van der Waals surface area contributed by atoms with Crippen molar-refractivity contribution in [2.24, 2.45) is 5.41 Å². The Bertz CT molecular complexity index is 445. The van der Waals surface area contributed by atoms with Crippen molar-refractivity contribution < 1.29 is 13.2 Å². The summed E-state index contributed by atoms with van der Waals surface area (Å²) in [6, 6.07) is 2.19. The van der Waals surface area contributed by atoms with Crippen LogP contribution in [0.5, 0.6) is 0 Å². The van der Waals surface area contributed by atoms with Crippen LogP contribution in [0.2, 0.25) is 0 Å². The fraction of sp³-hybridized carbons (Fsp3) is 0.846. The number of nitriles is 1. The van der Waals surface area contributed by atoms with Crippen molar-refractivity contribution in [3.05, 3.63) is 0 Å². The summed E-state index contributed by atoms with van der Waals surface area (Å²) in [5.74, 6) is -0.162. The quantitative estimate of drug-likeness (QED) is 0.764. The molecule has 0 aromatic heterocycles. The maximum atomic E-state index is 12.6. The van der Waals surface area contributed by atoms with Gasteiger partial charge in [-0.05, 0) is 12.8 Å². The third-order valence-corrected chi connectivity index (χ3v) is 5.22. The lowest BCUT2D eigenvalue weighted by atomic mass is 9.79. The Balaban J connectivity index is 2.86. The first-order chi connectivity index (χ1) is 8.90. The second kappa shape index (κ2) is 6.38. The van der Waals surface area contributed by atoms with E-state index in [1.807, 2.05) is 13.8 Å². The molecule has 0 aliphatic carbocycles. The SMILES string of the molecule is CCCC(C#N)(CCC)C(=O)N1CCS(=O)(=O)CC1. The molecule has 0 aromatic rings. The minimum absolute atomic E-state index is 0.0124. The molecule has 1 amide bonds. The van der Waals surface area contributed by atoms with Crippen LogP contribution in [0, 0.1) is 16.7 Å². The Labute approximate surface area is 115 Å². The Morgan fingerprint density at radius 3 is 2.05 bits per heavy atom. The molecule has 0 radical (unpaired) electrons.